The minimum absolute atomic E-state index is 0.611. The maximum Gasteiger partial charge on any atom is 0.457 e. The van der Waals surface area contributed by atoms with Gasteiger partial charge in [0.25, 0.3) is 0 Å². The molecule has 1 radical (unpaired) electrons. The molecular formula is C3H3N2O3. The molecule has 1 atom stereocenters. The summed E-state index contributed by atoms with van der Waals surface area (Å²) < 4.78 is 4.37. The van der Waals surface area contributed by atoms with Gasteiger partial charge in [0.15, 0.2) is 0 Å². The van der Waals surface area contributed by atoms with Crippen LogP contribution in [-0.2, 0) is 4.74 Å². The Hall–Kier alpha value is -1.26. The molecular weight excluding hydrogens is 112 g/mol. The van der Waals surface area contributed by atoms with Gasteiger partial charge in [0, 0.05) is 0 Å². The summed E-state index contributed by atoms with van der Waals surface area (Å²) >= 11 is 0. The number of ether oxygens (including phenoxy) is 1. The average molecular weight is 115 g/mol. The Morgan fingerprint density at radius 3 is 2.88 bits per heavy atom. The first-order valence-electron chi connectivity index (χ1n) is 1.94. The molecule has 1 unspecified atom stereocenters. The van der Waals surface area contributed by atoms with Crippen molar-refractivity contribution in [2.75, 3.05) is 0 Å². The van der Waals surface area contributed by atoms with Crippen molar-refractivity contribution >= 4 is 0 Å². The highest BCUT2D eigenvalue weighted by Crippen LogP contribution is 1.97. The summed E-state index contributed by atoms with van der Waals surface area (Å²) in [5, 5.41) is 13.1. The van der Waals surface area contributed by atoms with Crippen LogP contribution in [-0.4, -0.2) is 11.3 Å². The van der Waals surface area contributed by atoms with Crippen LogP contribution < -0.4 is 5.32 Å². The fourth-order valence-electron chi connectivity index (χ4n) is 0.353. The van der Waals surface area contributed by atoms with E-state index >= 15 is 0 Å². The van der Waals surface area contributed by atoms with Crippen molar-refractivity contribution in [1.29, 1.82) is 0 Å². The standard InChI is InChI=1S/C3H3N2O3/c6-5(7)3-4-1-2-8-3/h1-3H. The van der Waals surface area contributed by atoms with E-state index in [1.807, 2.05) is 0 Å². The van der Waals surface area contributed by atoms with Crippen LogP contribution in [0.25, 0.3) is 0 Å². The number of hydrogen-bond donors (Lipinski definition) is 0. The first kappa shape index (κ1) is 4.89. The van der Waals surface area contributed by atoms with Crippen LogP contribution in [0.4, 0.5) is 0 Å². The van der Waals surface area contributed by atoms with Gasteiger partial charge in [-0.1, -0.05) is 0 Å². The van der Waals surface area contributed by atoms with Crippen LogP contribution in [0.3, 0.4) is 0 Å². The van der Waals surface area contributed by atoms with E-state index in [2.05, 4.69) is 10.1 Å². The molecule has 5 heteroatoms. The van der Waals surface area contributed by atoms with Crippen LogP contribution in [0.5, 0.6) is 0 Å². The zero-order valence-electron chi connectivity index (χ0n) is 3.85. The summed E-state index contributed by atoms with van der Waals surface area (Å²) in [6, 6.07) is 0. The Bertz CT molecular complexity index is 124. The molecule has 0 aliphatic carbocycles. The predicted octanol–water partition coefficient (Wildman–Crippen LogP) is -0.348. The summed E-state index contributed by atoms with van der Waals surface area (Å²) in [6.45, 7) is 0. The molecule has 43 valence electrons. The summed E-state index contributed by atoms with van der Waals surface area (Å²) in [4.78, 5) is 9.14. The lowest BCUT2D eigenvalue weighted by molar-refractivity contribution is -0.572. The van der Waals surface area contributed by atoms with Crippen LogP contribution in [0.2, 0.25) is 0 Å². The molecule has 0 N–H and O–H groups in total. The third-order valence-electron chi connectivity index (χ3n) is 0.655. The molecule has 1 heterocycles. The maximum absolute atomic E-state index is 9.75. The highest BCUT2D eigenvalue weighted by Gasteiger charge is 2.22. The molecule has 0 aromatic heterocycles. The van der Waals surface area contributed by atoms with Gasteiger partial charge in [0.1, 0.15) is 6.26 Å². The van der Waals surface area contributed by atoms with Crippen molar-refractivity contribution in [3.63, 3.8) is 0 Å². The van der Waals surface area contributed by atoms with Crippen LogP contribution >= 0.6 is 0 Å². The van der Waals surface area contributed by atoms with Crippen molar-refractivity contribution < 1.29 is 9.66 Å². The summed E-state index contributed by atoms with van der Waals surface area (Å²) in [5.74, 6) is 0. The smallest absolute Gasteiger partial charge is 0.418 e. The zero-order chi connectivity index (χ0) is 5.98. The number of nitrogens with zero attached hydrogens (tertiary/aromatic N) is 2. The second-order valence-corrected chi connectivity index (χ2v) is 1.18. The molecule has 1 rings (SSSR count). The fraction of sp³-hybridized carbons (Fsp3) is 0.333. The van der Waals surface area contributed by atoms with E-state index < -0.39 is 11.3 Å². The minimum Gasteiger partial charge on any atom is -0.418 e. The van der Waals surface area contributed by atoms with Crippen LogP contribution in [0, 0.1) is 10.1 Å². The van der Waals surface area contributed by atoms with Gasteiger partial charge < -0.3 is 4.74 Å². The molecule has 0 bridgehead atoms. The number of nitro groups is 1. The minimum atomic E-state index is -1.20. The van der Waals surface area contributed by atoms with Crippen molar-refractivity contribution in [1.82, 2.24) is 5.32 Å². The second-order valence-electron chi connectivity index (χ2n) is 1.18. The van der Waals surface area contributed by atoms with E-state index in [0.29, 0.717) is 0 Å². The van der Waals surface area contributed by atoms with Crippen molar-refractivity contribution in [2.24, 2.45) is 0 Å². The molecule has 0 aromatic carbocycles. The molecule has 8 heavy (non-hydrogen) atoms. The Kier molecular flexibility index (Phi) is 1.03. The van der Waals surface area contributed by atoms with Crippen molar-refractivity contribution in [3.05, 3.63) is 22.6 Å². The highest BCUT2D eigenvalue weighted by molar-refractivity contribution is 4.75. The normalized spacial score (nSPS) is 24.2. The van der Waals surface area contributed by atoms with Gasteiger partial charge >= 0.3 is 6.35 Å². The number of rotatable bonds is 1. The topological polar surface area (TPSA) is 66.5 Å². The molecule has 0 saturated carbocycles. The third-order valence-corrected chi connectivity index (χ3v) is 0.655. The number of hydrogen-bond acceptors (Lipinski definition) is 3. The lowest BCUT2D eigenvalue weighted by Gasteiger charge is -1.96. The molecule has 0 saturated heterocycles. The molecule has 0 fully saturated rings. The van der Waals surface area contributed by atoms with E-state index in [1.54, 1.807) is 0 Å². The lowest BCUT2D eigenvalue weighted by Crippen LogP contribution is -2.24. The fourth-order valence-corrected chi connectivity index (χ4v) is 0.353. The Morgan fingerprint density at radius 1 is 1.88 bits per heavy atom. The molecule has 1 aliphatic heterocycles. The highest BCUT2D eigenvalue weighted by atomic mass is 16.7. The van der Waals surface area contributed by atoms with E-state index in [0.717, 1.165) is 0 Å². The zero-order valence-corrected chi connectivity index (χ0v) is 3.85. The van der Waals surface area contributed by atoms with E-state index in [-0.39, 0.29) is 0 Å². The Labute approximate surface area is 45.1 Å². The lowest BCUT2D eigenvalue weighted by atomic mass is 10.9. The molecule has 0 amide bonds. The van der Waals surface area contributed by atoms with E-state index in [9.17, 15) is 10.1 Å². The van der Waals surface area contributed by atoms with E-state index in [1.165, 1.54) is 12.5 Å². The van der Waals surface area contributed by atoms with Gasteiger partial charge in [-0.2, -0.15) is 5.32 Å². The van der Waals surface area contributed by atoms with Gasteiger partial charge in [0.05, 0.1) is 11.1 Å². The average Bonchev–Trinajstić information content (AvgIpc) is 2.12. The monoisotopic (exact) mass is 115 g/mol. The van der Waals surface area contributed by atoms with Gasteiger partial charge in [-0.3, -0.25) is 10.1 Å². The van der Waals surface area contributed by atoms with Crippen molar-refractivity contribution in [2.45, 2.75) is 6.35 Å². The molecule has 5 nitrogen and oxygen atoms in total. The van der Waals surface area contributed by atoms with Crippen molar-refractivity contribution in [3.8, 4) is 0 Å². The molecule has 1 aliphatic rings. The summed E-state index contributed by atoms with van der Waals surface area (Å²) in [6.07, 6.45) is 1.25. The van der Waals surface area contributed by atoms with Crippen LogP contribution in [0.1, 0.15) is 0 Å². The summed E-state index contributed by atoms with van der Waals surface area (Å²) in [7, 11) is 0. The Balaban J connectivity index is 2.41. The molecule has 0 aromatic rings. The van der Waals surface area contributed by atoms with Gasteiger partial charge in [-0.05, 0) is 0 Å². The van der Waals surface area contributed by atoms with Crippen LogP contribution in [0.15, 0.2) is 12.5 Å². The van der Waals surface area contributed by atoms with Gasteiger partial charge in [-0.15, -0.1) is 0 Å². The van der Waals surface area contributed by atoms with Gasteiger partial charge in [0.2, 0.25) is 0 Å². The summed E-state index contributed by atoms with van der Waals surface area (Å²) in [5.41, 5.74) is 0. The first-order valence-corrected chi connectivity index (χ1v) is 1.94. The van der Waals surface area contributed by atoms with E-state index in [4.69, 9.17) is 0 Å². The molecule has 0 spiro atoms. The second kappa shape index (κ2) is 1.69. The quantitative estimate of drug-likeness (QED) is 0.346. The van der Waals surface area contributed by atoms with Gasteiger partial charge in [-0.25, -0.2) is 0 Å². The maximum atomic E-state index is 9.75. The predicted molar refractivity (Wildman–Crippen MR) is 23.1 cm³/mol. The third kappa shape index (κ3) is 0.699. The largest absolute Gasteiger partial charge is 0.457 e. The first-order chi connectivity index (χ1) is 3.80. The SMILES string of the molecule is O=[N+]([O-])C1[N]C=CO1. The Morgan fingerprint density at radius 2 is 2.62 bits per heavy atom.